The normalized spacial score (nSPS) is 18.6. The van der Waals surface area contributed by atoms with Crippen molar-refractivity contribution in [3.8, 4) is 0 Å². The maximum Gasteiger partial charge on any atom is 0.305 e. The average Bonchev–Trinajstić information content (AvgIpc) is 2.47. The average molecular weight is 312 g/mol. The summed E-state index contributed by atoms with van der Waals surface area (Å²) in [7, 11) is 0. The summed E-state index contributed by atoms with van der Waals surface area (Å²) in [4.78, 5) is 12.9. The lowest BCUT2D eigenvalue weighted by molar-refractivity contribution is -0.138. The molecule has 1 aliphatic rings. The summed E-state index contributed by atoms with van der Waals surface area (Å²) < 4.78 is 5.62. The molecule has 1 heterocycles. The molecular weight excluding hydrogens is 290 g/mol. The fourth-order valence-corrected chi connectivity index (χ4v) is 3.05. The monoisotopic (exact) mass is 311 g/mol. The van der Waals surface area contributed by atoms with Crippen molar-refractivity contribution in [3.63, 3.8) is 0 Å². The third-order valence-corrected chi connectivity index (χ3v) is 4.39. The zero-order valence-corrected chi connectivity index (χ0v) is 13.1. The van der Waals surface area contributed by atoms with Crippen molar-refractivity contribution < 1.29 is 14.6 Å². The Morgan fingerprint density at radius 2 is 2.10 bits per heavy atom. The highest BCUT2D eigenvalue weighted by Gasteiger charge is 2.24. The number of aliphatic carboxylic acids is 1. The summed E-state index contributed by atoms with van der Waals surface area (Å²) in [5.74, 6) is -0.806. The molecule has 1 atom stereocenters. The van der Waals surface area contributed by atoms with E-state index in [2.05, 4.69) is 17.9 Å². The Labute approximate surface area is 130 Å². The van der Waals surface area contributed by atoms with Crippen LogP contribution in [0.4, 0.5) is 0 Å². The van der Waals surface area contributed by atoms with Crippen LogP contribution in [0.3, 0.4) is 0 Å². The van der Waals surface area contributed by atoms with Crippen molar-refractivity contribution in [2.24, 2.45) is 0 Å². The molecule has 1 fully saturated rings. The predicted molar refractivity (Wildman–Crippen MR) is 82.7 cm³/mol. The van der Waals surface area contributed by atoms with E-state index in [1.807, 2.05) is 18.2 Å². The minimum Gasteiger partial charge on any atom is -0.481 e. The number of benzene rings is 1. The molecule has 5 heteroatoms. The minimum atomic E-state index is -0.806. The van der Waals surface area contributed by atoms with Crippen LogP contribution in [0.15, 0.2) is 24.3 Å². The van der Waals surface area contributed by atoms with Crippen LogP contribution < -0.4 is 0 Å². The lowest BCUT2D eigenvalue weighted by Crippen LogP contribution is -2.38. The number of likely N-dealkylation sites (tertiary alicyclic amines) is 1. The van der Waals surface area contributed by atoms with Gasteiger partial charge in [-0.1, -0.05) is 29.8 Å². The molecule has 4 nitrogen and oxygen atoms in total. The number of hydrogen-bond acceptors (Lipinski definition) is 3. The topological polar surface area (TPSA) is 49.8 Å². The smallest absolute Gasteiger partial charge is 0.305 e. The van der Waals surface area contributed by atoms with Crippen LogP contribution in [0.1, 0.15) is 37.8 Å². The molecule has 0 radical (unpaired) electrons. The van der Waals surface area contributed by atoms with Crippen molar-refractivity contribution in [2.45, 2.75) is 38.3 Å². The second-order valence-corrected chi connectivity index (χ2v) is 5.85. The van der Waals surface area contributed by atoms with E-state index in [4.69, 9.17) is 21.4 Å². The van der Waals surface area contributed by atoms with Crippen molar-refractivity contribution in [3.05, 3.63) is 34.9 Å². The van der Waals surface area contributed by atoms with Crippen molar-refractivity contribution in [2.75, 3.05) is 19.7 Å². The SMILES string of the molecule is CC(c1ccccc1Cl)N1CCC(OCCC(=O)O)CC1. The highest BCUT2D eigenvalue weighted by molar-refractivity contribution is 6.31. The van der Waals surface area contributed by atoms with Gasteiger partial charge in [-0.05, 0) is 31.4 Å². The van der Waals surface area contributed by atoms with Crippen LogP contribution in [-0.4, -0.2) is 41.8 Å². The molecule has 0 spiro atoms. The first-order valence-electron chi connectivity index (χ1n) is 7.40. The molecule has 0 aromatic heterocycles. The van der Waals surface area contributed by atoms with Crippen LogP contribution in [0.5, 0.6) is 0 Å². The fraction of sp³-hybridized carbons (Fsp3) is 0.562. The molecule has 0 bridgehead atoms. The Bertz CT molecular complexity index is 472. The van der Waals surface area contributed by atoms with Gasteiger partial charge < -0.3 is 9.84 Å². The lowest BCUT2D eigenvalue weighted by atomic mass is 10.0. The van der Waals surface area contributed by atoms with Crippen LogP contribution in [0.2, 0.25) is 5.02 Å². The van der Waals surface area contributed by atoms with Gasteiger partial charge in [0.1, 0.15) is 0 Å². The molecule has 1 unspecified atom stereocenters. The summed E-state index contributed by atoms with van der Waals surface area (Å²) in [5, 5.41) is 9.42. The Morgan fingerprint density at radius 1 is 1.43 bits per heavy atom. The van der Waals surface area contributed by atoms with Gasteiger partial charge in [-0.25, -0.2) is 0 Å². The van der Waals surface area contributed by atoms with Gasteiger partial charge in [-0.15, -0.1) is 0 Å². The van der Waals surface area contributed by atoms with Gasteiger partial charge in [0.05, 0.1) is 19.1 Å². The van der Waals surface area contributed by atoms with Gasteiger partial charge in [0.25, 0.3) is 0 Å². The highest BCUT2D eigenvalue weighted by atomic mass is 35.5. The van der Waals surface area contributed by atoms with E-state index in [0.717, 1.165) is 36.5 Å². The number of rotatable bonds is 6. The van der Waals surface area contributed by atoms with Gasteiger partial charge in [-0.2, -0.15) is 0 Å². The van der Waals surface area contributed by atoms with Crippen molar-refractivity contribution in [1.29, 1.82) is 0 Å². The maximum atomic E-state index is 10.5. The largest absolute Gasteiger partial charge is 0.481 e. The molecule has 0 amide bonds. The zero-order valence-electron chi connectivity index (χ0n) is 12.3. The molecule has 0 aliphatic carbocycles. The quantitative estimate of drug-likeness (QED) is 0.875. The Hall–Kier alpha value is -1.10. The van der Waals surface area contributed by atoms with Crippen LogP contribution in [0.25, 0.3) is 0 Å². The standard InChI is InChI=1S/C16H22ClNO3/c1-12(14-4-2-3-5-15(14)17)18-9-6-13(7-10-18)21-11-8-16(19)20/h2-5,12-13H,6-11H2,1H3,(H,19,20). The molecule has 0 saturated carbocycles. The number of carbonyl (C=O) groups is 1. The first kappa shape index (κ1) is 16.3. The summed E-state index contributed by atoms with van der Waals surface area (Å²) >= 11 is 6.26. The van der Waals surface area contributed by atoms with E-state index in [-0.39, 0.29) is 12.5 Å². The molecule has 1 saturated heterocycles. The first-order chi connectivity index (χ1) is 10.1. The highest BCUT2D eigenvalue weighted by Crippen LogP contribution is 2.29. The van der Waals surface area contributed by atoms with Gasteiger partial charge in [0.15, 0.2) is 0 Å². The molecule has 21 heavy (non-hydrogen) atoms. The lowest BCUT2D eigenvalue weighted by Gasteiger charge is -2.36. The van der Waals surface area contributed by atoms with E-state index < -0.39 is 5.97 Å². The molecule has 1 N–H and O–H groups in total. The summed E-state index contributed by atoms with van der Waals surface area (Å²) in [6, 6.07) is 8.25. The molecule has 1 aromatic rings. The number of hydrogen-bond donors (Lipinski definition) is 1. The molecule has 1 aromatic carbocycles. The Balaban J connectivity index is 1.81. The molecule has 1 aliphatic heterocycles. The summed E-state index contributed by atoms with van der Waals surface area (Å²) in [5.41, 5.74) is 1.16. The van der Waals surface area contributed by atoms with E-state index in [0.29, 0.717) is 12.6 Å². The number of carboxylic acids is 1. The fourth-order valence-electron chi connectivity index (χ4n) is 2.75. The predicted octanol–water partition coefficient (Wildman–Crippen LogP) is 3.36. The Morgan fingerprint density at radius 3 is 2.71 bits per heavy atom. The number of ether oxygens (including phenoxy) is 1. The van der Waals surface area contributed by atoms with Crippen molar-refractivity contribution >= 4 is 17.6 Å². The number of halogens is 1. The molecular formula is C16H22ClNO3. The van der Waals surface area contributed by atoms with Crippen LogP contribution >= 0.6 is 11.6 Å². The van der Waals surface area contributed by atoms with Crippen LogP contribution in [-0.2, 0) is 9.53 Å². The summed E-state index contributed by atoms with van der Waals surface area (Å²) in [6.07, 6.45) is 2.14. The zero-order chi connectivity index (χ0) is 15.2. The van der Waals surface area contributed by atoms with Gasteiger partial charge >= 0.3 is 5.97 Å². The van der Waals surface area contributed by atoms with Crippen LogP contribution in [0, 0.1) is 0 Å². The maximum absolute atomic E-state index is 10.5. The van der Waals surface area contributed by atoms with E-state index in [1.54, 1.807) is 0 Å². The molecule has 116 valence electrons. The minimum absolute atomic E-state index is 0.0796. The first-order valence-corrected chi connectivity index (χ1v) is 7.77. The summed E-state index contributed by atoms with van der Waals surface area (Å²) in [6.45, 7) is 4.38. The number of carboxylic acid groups (broad SMARTS) is 1. The van der Waals surface area contributed by atoms with E-state index in [1.165, 1.54) is 0 Å². The number of piperidine rings is 1. The molecule has 2 rings (SSSR count). The Kier molecular flexibility index (Phi) is 6.03. The third kappa shape index (κ3) is 4.70. The van der Waals surface area contributed by atoms with Gasteiger partial charge in [0.2, 0.25) is 0 Å². The second-order valence-electron chi connectivity index (χ2n) is 5.45. The second kappa shape index (κ2) is 7.78. The van der Waals surface area contributed by atoms with Gasteiger partial charge in [0, 0.05) is 24.2 Å². The third-order valence-electron chi connectivity index (χ3n) is 4.05. The van der Waals surface area contributed by atoms with E-state index in [9.17, 15) is 4.79 Å². The van der Waals surface area contributed by atoms with Gasteiger partial charge in [-0.3, -0.25) is 9.69 Å². The number of nitrogens with zero attached hydrogens (tertiary/aromatic N) is 1. The van der Waals surface area contributed by atoms with Crippen molar-refractivity contribution in [1.82, 2.24) is 4.90 Å². The van der Waals surface area contributed by atoms with E-state index >= 15 is 0 Å².